The Kier molecular flexibility index (Phi) is 15.5. The lowest BCUT2D eigenvalue weighted by Crippen LogP contribution is -2.45. The number of carbonyl (C=O) groups is 1. The standard InChI is InChI=1S/C28H40N2O4.2ClH/c1-4-5-6-7-11-14-26(31)34-27-24(15-16-25(32-2)28(27)33-3)22-30-19-17-29(18-20-30)21-23-12-9-8-10-13-23;;/h8-10,12-13,15-16H,4-7,11,14,17-22H2,1-3H3;2*1H. The summed E-state index contributed by atoms with van der Waals surface area (Å²) < 4.78 is 17.0. The molecule has 0 radical (unpaired) electrons. The average Bonchev–Trinajstić information content (AvgIpc) is 2.86. The number of nitrogens with zero attached hydrogens (tertiary/aromatic N) is 2. The number of hydrogen-bond acceptors (Lipinski definition) is 6. The fraction of sp³-hybridized carbons (Fsp3) is 0.536. The van der Waals surface area contributed by atoms with Gasteiger partial charge in [-0.2, -0.15) is 0 Å². The molecule has 0 amide bonds. The number of rotatable bonds is 13. The maximum Gasteiger partial charge on any atom is 0.311 e. The van der Waals surface area contributed by atoms with Crippen LogP contribution in [-0.2, 0) is 17.9 Å². The molecule has 1 saturated heterocycles. The minimum atomic E-state index is -0.211. The van der Waals surface area contributed by atoms with E-state index in [2.05, 4.69) is 47.1 Å². The lowest BCUT2D eigenvalue weighted by Gasteiger charge is -2.35. The number of carbonyl (C=O) groups excluding carboxylic acids is 1. The summed E-state index contributed by atoms with van der Waals surface area (Å²) in [6.45, 7) is 7.82. The number of benzene rings is 2. The first-order valence-electron chi connectivity index (χ1n) is 12.6. The molecule has 1 fully saturated rings. The van der Waals surface area contributed by atoms with E-state index in [1.165, 1.54) is 18.4 Å². The fourth-order valence-corrected chi connectivity index (χ4v) is 4.40. The molecule has 0 aliphatic carbocycles. The quantitative estimate of drug-likeness (QED) is 0.173. The van der Waals surface area contributed by atoms with Crippen molar-refractivity contribution in [3.8, 4) is 17.2 Å². The summed E-state index contributed by atoms with van der Waals surface area (Å²) in [6.07, 6.45) is 5.88. The van der Waals surface area contributed by atoms with Crippen LogP contribution >= 0.6 is 24.8 Å². The Morgan fingerprint density at radius 2 is 1.42 bits per heavy atom. The molecule has 36 heavy (non-hydrogen) atoms. The highest BCUT2D eigenvalue weighted by Crippen LogP contribution is 2.41. The van der Waals surface area contributed by atoms with Gasteiger partial charge in [0.1, 0.15) is 0 Å². The summed E-state index contributed by atoms with van der Waals surface area (Å²) in [5, 5.41) is 0. The molecule has 1 aliphatic heterocycles. The van der Waals surface area contributed by atoms with E-state index in [9.17, 15) is 4.79 Å². The van der Waals surface area contributed by atoms with Crippen LogP contribution in [0.5, 0.6) is 17.2 Å². The molecule has 0 N–H and O–H groups in total. The molecule has 0 aromatic heterocycles. The second kappa shape index (κ2) is 17.5. The Hall–Kier alpha value is -1.99. The van der Waals surface area contributed by atoms with Crippen LogP contribution in [0.15, 0.2) is 42.5 Å². The van der Waals surface area contributed by atoms with E-state index in [0.29, 0.717) is 30.2 Å². The summed E-state index contributed by atoms with van der Waals surface area (Å²) >= 11 is 0. The van der Waals surface area contributed by atoms with Crippen molar-refractivity contribution < 1.29 is 19.0 Å². The summed E-state index contributed by atoms with van der Waals surface area (Å²) in [5.41, 5.74) is 2.30. The number of halogens is 2. The molecule has 2 aromatic rings. The molecule has 8 heteroatoms. The van der Waals surface area contributed by atoms with Crippen molar-refractivity contribution in [2.75, 3.05) is 40.4 Å². The van der Waals surface area contributed by atoms with Gasteiger partial charge in [0, 0.05) is 51.3 Å². The second-order valence-electron chi connectivity index (χ2n) is 8.97. The number of ether oxygens (including phenoxy) is 3. The van der Waals surface area contributed by atoms with Gasteiger partial charge < -0.3 is 14.2 Å². The van der Waals surface area contributed by atoms with Crippen LogP contribution in [0.4, 0.5) is 0 Å². The lowest BCUT2D eigenvalue weighted by atomic mass is 10.1. The minimum Gasteiger partial charge on any atom is -0.493 e. The largest absolute Gasteiger partial charge is 0.493 e. The molecule has 0 atom stereocenters. The van der Waals surface area contributed by atoms with Gasteiger partial charge in [0.15, 0.2) is 11.5 Å². The Morgan fingerprint density at radius 1 is 0.778 bits per heavy atom. The lowest BCUT2D eigenvalue weighted by molar-refractivity contribution is -0.134. The van der Waals surface area contributed by atoms with Crippen molar-refractivity contribution in [3.05, 3.63) is 53.6 Å². The fourth-order valence-electron chi connectivity index (χ4n) is 4.40. The number of esters is 1. The van der Waals surface area contributed by atoms with Gasteiger partial charge in [-0.05, 0) is 18.1 Å². The zero-order valence-electron chi connectivity index (χ0n) is 21.9. The average molecular weight is 542 g/mol. The first-order valence-corrected chi connectivity index (χ1v) is 12.6. The number of methoxy groups -OCH3 is 2. The number of hydrogen-bond donors (Lipinski definition) is 0. The molecular formula is C28H42Cl2N2O4. The van der Waals surface area contributed by atoms with Crippen LogP contribution in [0, 0.1) is 0 Å². The van der Waals surface area contributed by atoms with E-state index in [4.69, 9.17) is 14.2 Å². The molecule has 202 valence electrons. The van der Waals surface area contributed by atoms with Crippen LogP contribution in [0.25, 0.3) is 0 Å². The van der Waals surface area contributed by atoms with E-state index < -0.39 is 0 Å². The highest BCUT2D eigenvalue weighted by Gasteiger charge is 2.23. The molecular weight excluding hydrogens is 499 g/mol. The predicted octanol–water partition coefficient (Wildman–Crippen LogP) is 6.13. The zero-order chi connectivity index (χ0) is 24.2. The van der Waals surface area contributed by atoms with Gasteiger partial charge in [-0.1, -0.05) is 69.0 Å². The van der Waals surface area contributed by atoms with Crippen LogP contribution < -0.4 is 14.2 Å². The number of unbranched alkanes of at least 4 members (excludes halogenated alkanes) is 4. The second-order valence-corrected chi connectivity index (χ2v) is 8.97. The summed E-state index contributed by atoms with van der Waals surface area (Å²) in [7, 11) is 3.19. The third kappa shape index (κ3) is 9.81. The van der Waals surface area contributed by atoms with Gasteiger partial charge in [-0.25, -0.2) is 0 Å². The Bertz CT molecular complexity index is 891. The molecule has 0 spiro atoms. The monoisotopic (exact) mass is 540 g/mol. The molecule has 3 rings (SSSR count). The molecule has 2 aromatic carbocycles. The van der Waals surface area contributed by atoms with Gasteiger partial charge in [0.2, 0.25) is 5.75 Å². The van der Waals surface area contributed by atoms with Crippen LogP contribution in [0.2, 0.25) is 0 Å². The summed E-state index contributed by atoms with van der Waals surface area (Å²) in [5.74, 6) is 1.34. The van der Waals surface area contributed by atoms with E-state index in [0.717, 1.165) is 57.5 Å². The van der Waals surface area contributed by atoms with E-state index in [1.54, 1.807) is 14.2 Å². The normalized spacial score (nSPS) is 13.9. The smallest absolute Gasteiger partial charge is 0.311 e. The molecule has 6 nitrogen and oxygen atoms in total. The van der Waals surface area contributed by atoms with Crippen molar-refractivity contribution in [3.63, 3.8) is 0 Å². The Morgan fingerprint density at radius 3 is 2.03 bits per heavy atom. The molecule has 0 unspecified atom stereocenters. The molecule has 0 saturated carbocycles. The van der Waals surface area contributed by atoms with Crippen molar-refractivity contribution in [2.45, 2.75) is 58.5 Å². The van der Waals surface area contributed by atoms with E-state index in [-0.39, 0.29) is 30.8 Å². The van der Waals surface area contributed by atoms with E-state index in [1.807, 2.05) is 12.1 Å². The van der Waals surface area contributed by atoms with Crippen LogP contribution in [0.3, 0.4) is 0 Å². The number of piperazine rings is 1. The van der Waals surface area contributed by atoms with Gasteiger partial charge >= 0.3 is 5.97 Å². The van der Waals surface area contributed by atoms with Crippen molar-refractivity contribution in [2.24, 2.45) is 0 Å². The SMILES string of the molecule is CCCCCCCC(=O)Oc1c(CN2CCN(Cc3ccccc3)CC2)ccc(OC)c1OC.Cl.Cl. The summed E-state index contributed by atoms with van der Waals surface area (Å²) in [6, 6.07) is 14.5. The third-order valence-electron chi connectivity index (χ3n) is 6.39. The predicted molar refractivity (Wildman–Crippen MR) is 150 cm³/mol. The van der Waals surface area contributed by atoms with Gasteiger partial charge in [0.05, 0.1) is 14.2 Å². The van der Waals surface area contributed by atoms with Crippen molar-refractivity contribution in [1.82, 2.24) is 9.80 Å². The van der Waals surface area contributed by atoms with Crippen LogP contribution in [0.1, 0.15) is 56.6 Å². The van der Waals surface area contributed by atoms with Gasteiger partial charge in [-0.3, -0.25) is 14.6 Å². The maximum atomic E-state index is 12.6. The first kappa shape index (κ1) is 32.0. The van der Waals surface area contributed by atoms with Crippen molar-refractivity contribution >= 4 is 30.8 Å². The third-order valence-corrected chi connectivity index (χ3v) is 6.39. The summed E-state index contributed by atoms with van der Waals surface area (Å²) in [4.78, 5) is 17.5. The molecule has 1 aliphatic rings. The topological polar surface area (TPSA) is 51.2 Å². The zero-order valence-corrected chi connectivity index (χ0v) is 23.5. The maximum absolute atomic E-state index is 12.6. The minimum absolute atomic E-state index is 0. The molecule has 0 bridgehead atoms. The van der Waals surface area contributed by atoms with E-state index >= 15 is 0 Å². The van der Waals surface area contributed by atoms with Crippen molar-refractivity contribution in [1.29, 1.82) is 0 Å². The Balaban J connectivity index is 0.00000324. The van der Waals surface area contributed by atoms with Gasteiger partial charge in [0.25, 0.3) is 0 Å². The Labute approximate surface area is 229 Å². The van der Waals surface area contributed by atoms with Crippen LogP contribution in [-0.4, -0.2) is 56.2 Å². The highest BCUT2D eigenvalue weighted by atomic mass is 35.5. The first-order chi connectivity index (χ1) is 16.6. The van der Waals surface area contributed by atoms with Gasteiger partial charge in [-0.15, -0.1) is 24.8 Å². The highest BCUT2D eigenvalue weighted by molar-refractivity contribution is 5.85. The molecule has 1 heterocycles.